The van der Waals surface area contributed by atoms with Crippen molar-refractivity contribution in [3.8, 4) is 0 Å². The number of thioether (sulfide) groups is 1. The zero-order valence-electron chi connectivity index (χ0n) is 14.9. The molecule has 3 aromatic carbocycles. The highest BCUT2D eigenvalue weighted by molar-refractivity contribution is 8.00. The maximum atomic E-state index is 12.7. The highest BCUT2D eigenvalue weighted by Gasteiger charge is 2.24. The molecule has 0 bridgehead atoms. The molecule has 0 aromatic heterocycles. The molecule has 0 aliphatic heterocycles. The van der Waals surface area contributed by atoms with Gasteiger partial charge >= 0.3 is 5.97 Å². The second kappa shape index (κ2) is 9.97. The monoisotopic (exact) mass is 411 g/mol. The highest BCUT2D eigenvalue weighted by Crippen LogP contribution is 2.36. The van der Waals surface area contributed by atoms with E-state index in [2.05, 4.69) is 5.32 Å². The third kappa shape index (κ3) is 5.87. The van der Waals surface area contributed by atoms with Gasteiger partial charge in [-0.25, -0.2) is 0 Å². The summed E-state index contributed by atoms with van der Waals surface area (Å²) in [5, 5.41) is 2.69. The molecule has 1 N–H and O–H groups in total. The summed E-state index contributed by atoms with van der Waals surface area (Å²) in [6.07, 6.45) is 0. The molecule has 0 radical (unpaired) electrons. The summed E-state index contributed by atoms with van der Waals surface area (Å²) in [6, 6.07) is 25.7. The molecule has 0 fully saturated rings. The molecule has 0 saturated heterocycles. The van der Waals surface area contributed by atoms with Crippen molar-refractivity contribution in [1.82, 2.24) is 0 Å². The van der Waals surface area contributed by atoms with Crippen molar-refractivity contribution in [2.45, 2.75) is 10.1 Å². The minimum atomic E-state index is -0.563. The lowest BCUT2D eigenvalue weighted by Crippen LogP contribution is -2.23. The lowest BCUT2D eigenvalue weighted by atomic mass is 10.1. The Morgan fingerprint density at radius 3 is 2.14 bits per heavy atom. The van der Waals surface area contributed by atoms with Gasteiger partial charge in [0.15, 0.2) is 6.61 Å². The predicted octanol–water partition coefficient (Wildman–Crippen LogP) is 5.36. The average molecular weight is 412 g/mol. The number of benzene rings is 3. The molecule has 4 nitrogen and oxygen atoms in total. The summed E-state index contributed by atoms with van der Waals surface area (Å²) in [5.41, 5.74) is 1.41. The fourth-order valence-corrected chi connectivity index (χ4v) is 3.63. The van der Waals surface area contributed by atoms with Crippen molar-refractivity contribution < 1.29 is 14.3 Å². The van der Waals surface area contributed by atoms with Gasteiger partial charge in [0.2, 0.25) is 0 Å². The molecule has 0 unspecified atom stereocenters. The van der Waals surface area contributed by atoms with E-state index in [4.69, 9.17) is 16.3 Å². The second-order valence-electron chi connectivity index (χ2n) is 5.88. The van der Waals surface area contributed by atoms with Crippen molar-refractivity contribution >= 4 is 40.9 Å². The first-order valence-corrected chi connectivity index (χ1v) is 9.86. The Kier molecular flexibility index (Phi) is 7.12. The first-order chi connectivity index (χ1) is 13.6. The quantitative estimate of drug-likeness (QED) is 0.420. The van der Waals surface area contributed by atoms with Crippen molar-refractivity contribution in [3.63, 3.8) is 0 Å². The van der Waals surface area contributed by atoms with E-state index in [0.717, 1.165) is 10.5 Å². The molecule has 0 aliphatic carbocycles. The number of anilines is 1. The lowest BCUT2D eigenvalue weighted by Gasteiger charge is -2.16. The summed E-state index contributed by atoms with van der Waals surface area (Å²) >= 11 is 7.21. The lowest BCUT2D eigenvalue weighted by molar-refractivity contribution is -0.146. The number of amides is 1. The van der Waals surface area contributed by atoms with Gasteiger partial charge in [-0.2, -0.15) is 0 Å². The van der Waals surface area contributed by atoms with Crippen LogP contribution in [0.3, 0.4) is 0 Å². The molecule has 3 rings (SSSR count). The zero-order chi connectivity index (χ0) is 19.8. The van der Waals surface area contributed by atoms with Crippen molar-refractivity contribution in [2.24, 2.45) is 0 Å². The number of nitrogens with one attached hydrogen (secondary N) is 1. The van der Waals surface area contributed by atoms with E-state index >= 15 is 0 Å². The van der Waals surface area contributed by atoms with Gasteiger partial charge in [0.1, 0.15) is 5.25 Å². The van der Waals surface area contributed by atoms with Gasteiger partial charge < -0.3 is 10.1 Å². The van der Waals surface area contributed by atoms with E-state index in [1.165, 1.54) is 11.8 Å². The molecule has 28 heavy (non-hydrogen) atoms. The topological polar surface area (TPSA) is 55.4 Å². The SMILES string of the molecule is O=C(COC(=O)[C@H](Sc1ccccc1)c1ccccc1)Nc1ccc(Cl)cc1. The van der Waals surface area contributed by atoms with E-state index < -0.39 is 17.1 Å². The van der Waals surface area contributed by atoms with Crippen LogP contribution in [0, 0.1) is 0 Å². The third-order valence-electron chi connectivity index (χ3n) is 3.79. The largest absolute Gasteiger partial charge is 0.454 e. The summed E-state index contributed by atoms with van der Waals surface area (Å²) in [4.78, 5) is 25.7. The van der Waals surface area contributed by atoms with E-state index in [1.807, 2.05) is 60.7 Å². The number of esters is 1. The van der Waals surface area contributed by atoms with E-state index in [-0.39, 0.29) is 6.61 Å². The predicted molar refractivity (Wildman–Crippen MR) is 113 cm³/mol. The number of carbonyl (C=O) groups excluding carboxylic acids is 2. The van der Waals surface area contributed by atoms with Gasteiger partial charge in [-0.05, 0) is 42.0 Å². The Balaban J connectivity index is 1.64. The third-order valence-corrected chi connectivity index (χ3v) is 5.28. The van der Waals surface area contributed by atoms with Crippen molar-refractivity contribution in [3.05, 3.63) is 95.5 Å². The fraction of sp³-hybridized carbons (Fsp3) is 0.0909. The minimum Gasteiger partial charge on any atom is -0.454 e. The summed E-state index contributed by atoms with van der Waals surface area (Å²) in [7, 11) is 0. The Labute approximate surface area is 172 Å². The molecule has 0 aliphatic rings. The number of hydrogen-bond donors (Lipinski definition) is 1. The maximum Gasteiger partial charge on any atom is 0.324 e. The highest BCUT2D eigenvalue weighted by atomic mass is 35.5. The van der Waals surface area contributed by atoms with E-state index in [9.17, 15) is 9.59 Å². The molecular formula is C22H18ClNO3S. The van der Waals surface area contributed by atoms with Crippen molar-refractivity contribution in [1.29, 1.82) is 0 Å². The number of rotatable bonds is 7. The number of ether oxygens (including phenoxy) is 1. The van der Waals surface area contributed by atoms with Gasteiger partial charge in [0, 0.05) is 15.6 Å². The molecule has 6 heteroatoms. The van der Waals surface area contributed by atoms with Crippen LogP contribution in [0.15, 0.2) is 89.8 Å². The Hall–Kier alpha value is -2.76. The van der Waals surface area contributed by atoms with Gasteiger partial charge in [-0.15, -0.1) is 11.8 Å². The smallest absolute Gasteiger partial charge is 0.324 e. The average Bonchev–Trinajstić information content (AvgIpc) is 2.73. The Bertz CT molecular complexity index is 918. The normalized spacial score (nSPS) is 11.5. The Morgan fingerprint density at radius 2 is 1.50 bits per heavy atom. The Morgan fingerprint density at radius 1 is 0.893 bits per heavy atom. The van der Waals surface area contributed by atoms with Crippen molar-refractivity contribution in [2.75, 3.05) is 11.9 Å². The number of hydrogen-bond acceptors (Lipinski definition) is 4. The van der Waals surface area contributed by atoms with E-state index in [0.29, 0.717) is 10.7 Å². The summed E-state index contributed by atoms with van der Waals surface area (Å²) in [5.74, 6) is -0.876. The molecule has 0 spiro atoms. The minimum absolute atomic E-state index is 0.361. The van der Waals surface area contributed by atoms with Crippen LogP contribution in [0.25, 0.3) is 0 Å². The first kappa shape index (κ1) is 20.0. The standard InChI is InChI=1S/C22H18ClNO3S/c23-17-11-13-18(14-12-17)24-20(25)15-27-22(26)21(16-7-3-1-4-8-16)28-19-9-5-2-6-10-19/h1-14,21H,15H2,(H,24,25)/t21-/m1/s1. The van der Waals surface area contributed by atoms with Crippen LogP contribution in [0.1, 0.15) is 10.8 Å². The van der Waals surface area contributed by atoms with Gasteiger partial charge in [0.25, 0.3) is 5.91 Å². The van der Waals surface area contributed by atoms with Gasteiger partial charge in [-0.3, -0.25) is 9.59 Å². The molecule has 0 saturated carbocycles. The molecule has 1 atom stereocenters. The van der Waals surface area contributed by atoms with Crippen LogP contribution in [0.4, 0.5) is 5.69 Å². The molecular weight excluding hydrogens is 394 g/mol. The fourth-order valence-electron chi connectivity index (χ4n) is 2.46. The van der Waals surface area contributed by atoms with Gasteiger partial charge in [-0.1, -0.05) is 60.1 Å². The second-order valence-corrected chi connectivity index (χ2v) is 7.50. The van der Waals surface area contributed by atoms with Crippen LogP contribution >= 0.6 is 23.4 Å². The number of halogens is 1. The van der Waals surface area contributed by atoms with Crippen LogP contribution in [0.2, 0.25) is 5.02 Å². The molecule has 0 heterocycles. The first-order valence-electron chi connectivity index (χ1n) is 8.60. The molecule has 1 amide bonds. The van der Waals surface area contributed by atoms with Crippen LogP contribution in [0.5, 0.6) is 0 Å². The maximum absolute atomic E-state index is 12.7. The molecule has 142 valence electrons. The van der Waals surface area contributed by atoms with Crippen LogP contribution in [-0.4, -0.2) is 18.5 Å². The van der Waals surface area contributed by atoms with Crippen LogP contribution < -0.4 is 5.32 Å². The summed E-state index contributed by atoms with van der Waals surface area (Å²) < 4.78 is 5.29. The molecule has 3 aromatic rings. The van der Waals surface area contributed by atoms with Gasteiger partial charge in [0.05, 0.1) is 0 Å². The number of carbonyl (C=O) groups is 2. The zero-order valence-corrected chi connectivity index (χ0v) is 16.5. The summed E-state index contributed by atoms with van der Waals surface area (Å²) in [6.45, 7) is -0.361. The van der Waals surface area contributed by atoms with Crippen LogP contribution in [-0.2, 0) is 14.3 Å². The van der Waals surface area contributed by atoms with E-state index in [1.54, 1.807) is 24.3 Å².